The fourth-order valence-corrected chi connectivity index (χ4v) is 2.76. The molecule has 0 saturated heterocycles. The first-order valence-electron chi connectivity index (χ1n) is 7.48. The zero-order valence-corrected chi connectivity index (χ0v) is 15.9. The van der Waals surface area contributed by atoms with Gasteiger partial charge in [-0.2, -0.15) is 0 Å². The van der Waals surface area contributed by atoms with Gasteiger partial charge in [0.05, 0.1) is 28.4 Å². The molecule has 0 spiro atoms. The van der Waals surface area contributed by atoms with Gasteiger partial charge in [-0.05, 0) is 41.0 Å². The Balaban J connectivity index is 2.48. The van der Waals surface area contributed by atoms with Crippen LogP contribution < -0.4 is 23.5 Å². The Kier molecular flexibility index (Phi) is 6.69. The van der Waals surface area contributed by atoms with Gasteiger partial charge >= 0.3 is 8.60 Å². The van der Waals surface area contributed by atoms with Crippen molar-refractivity contribution in [3.63, 3.8) is 0 Å². The summed E-state index contributed by atoms with van der Waals surface area (Å²) in [6.07, 6.45) is 0. The van der Waals surface area contributed by atoms with E-state index in [-0.39, 0.29) is 5.75 Å². The van der Waals surface area contributed by atoms with Crippen molar-refractivity contribution in [2.24, 2.45) is 0 Å². The molecule has 0 saturated carbocycles. The maximum atomic E-state index is 9.14. The Labute approximate surface area is 153 Å². The van der Waals surface area contributed by atoms with Crippen molar-refractivity contribution in [1.82, 2.24) is 0 Å². The first-order chi connectivity index (χ1) is 12.4. The Morgan fingerprint density at radius 3 is 1.77 bits per heavy atom. The first-order valence-corrected chi connectivity index (χ1v) is 8.65. The van der Waals surface area contributed by atoms with Crippen molar-refractivity contribution in [3.05, 3.63) is 48.0 Å². The molecule has 0 aromatic heterocycles. The Morgan fingerprint density at radius 1 is 0.769 bits per heavy atom. The molecule has 0 aliphatic rings. The predicted molar refractivity (Wildman–Crippen MR) is 99.2 cm³/mol. The van der Waals surface area contributed by atoms with E-state index in [1.807, 2.05) is 0 Å². The molecule has 2 aromatic carbocycles. The van der Waals surface area contributed by atoms with Gasteiger partial charge in [0.1, 0.15) is 0 Å². The van der Waals surface area contributed by atoms with Crippen LogP contribution in [-0.2, 0) is 0 Å². The van der Waals surface area contributed by atoms with Crippen LogP contribution in [0.15, 0.2) is 36.9 Å². The molecule has 26 heavy (non-hydrogen) atoms. The highest BCUT2D eigenvalue weighted by atomic mass is 31.2. The fourth-order valence-electron chi connectivity index (χ4n) is 2.45. The number of rotatable bonds is 8. The average Bonchev–Trinajstić information content (AvgIpc) is 2.65. The molecule has 0 atom stereocenters. The van der Waals surface area contributed by atoms with Crippen molar-refractivity contribution < 1.29 is 33.3 Å². The Bertz CT molecular complexity index is 764. The van der Waals surface area contributed by atoms with Gasteiger partial charge in [0, 0.05) is 0 Å². The minimum absolute atomic E-state index is 0.203. The molecular weight excluding hydrogens is 359 g/mol. The molecule has 2 aromatic rings. The average molecular weight is 380 g/mol. The molecule has 2 rings (SSSR count). The molecule has 0 bridgehead atoms. The summed E-state index contributed by atoms with van der Waals surface area (Å²) in [5.74, 6) is 2.07. The lowest BCUT2D eigenvalue weighted by atomic mass is 9.98. The third-order valence-electron chi connectivity index (χ3n) is 3.71. The van der Waals surface area contributed by atoms with Crippen LogP contribution in [0.4, 0.5) is 0 Å². The van der Waals surface area contributed by atoms with Crippen LogP contribution in [0.1, 0.15) is 11.1 Å². The molecule has 8 heteroatoms. The SMILES string of the molecule is C=C(c1ccc(OC)c(OP(O)O)c1)c1cc(OC)c(OC)c(OC)c1. The molecule has 140 valence electrons. The highest BCUT2D eigenvalue weighted by Gasteiger charge is 2.17. The van der Waals surface area contributed by atoms with Crippen molar-refractivity contribution in [2.75, 3.05) is 28.4 Å². The zero-order chi connectivity index (χ0) is 19.3. The van der Waals surface area contributed by atoms with Crippen LogP contribution in [0.5, 0.6) is 28.7 Å². The number of benzene rings is 2. The largest absolute Gasteiger partial charge is 0.493 e. The summed E-state index contributed by atoms with van der Waals surface area (Å²) in [6, 6.07) is 8.62. The molecule has 0 amide bonds. The van der Waals surface area contributed by atoms with Gasteiger partial charge in [-0.25, -0.2) is 0 Å². The molecule has 0 unspecified atom stereocenters. The van der Waals surface area contributed by atoms with Gasteiger partial charge < -0.3 is 33.3 Å². The van der Waals surface area contributed by atoms with Gasteiger partial charge in [-0.15, -0.1) is 0 Å². The summed E-state index contributed by atoms with van der Waals surface area (Å²) in [6.45, 7) is 4.11. The minimum Gasteiger partial charge on any atom is -0.493 e. The highest BCUT2D eigenvalue weighted by Crippen LogP contribution is 2.42. The maximum Gasteiger partial charge on any atom is 0.391 e. The number of hydrogen-bond acceptors (Lipinski definition) is 7. The smallest absolute Gasteiger partial charge is 0.391 e. The molecule has 0 fully saturated rings. The molecule has 0 heterocycles. The van der Waals surface area contributed by atoms with Crippen LogP contribution >= 0.6 is 8.60 Å². The lowest BCUT2D eigenvalue weighted by Gasteiger charge is -2.16. The zero-order valence-electron chi connectivity index (χ0n) is 15.0. The second kappa shape index (κ2) is 8.76. The third kappa shape index (κ3) is 4.19. The van der Waals surface area contributed by atoms with E-state index in [0.29, 0.717) is 34.1 Å². The van der Waals surface area contributed by atoms with Crippen molar-refractivity contribution in [3.8, 4) is 28.7 Å². The van der Waals surface area contributed by atoms with Gasteiger partial charge in [-0.1, -0.05) is 12.6 Å². The van der Waals surface area contributed by atoms with E-state index >= 15 is 0 Å². The quantitative estimate of drug-likeness (QED) is 0.679. The lowest BCUT2D eigenvalue weighted by molar-refractivity contribution is 0.324. The molecule has 0 aliphatic heterocycles. The fraction of sp³-hybridized carbons (Fsp3) is 0.222. The van der Waals surface area contributed by atoms with Crippen molar-refractivity contribution >= 4 is 14.2 Å². The summed E-state index contributed by atoms with van der Waals surface area (Å²) >= 11 is 0. The van der Waals surface area contributed by atoms with E-state index in [1.54, 1.807) is 30.3 Å². The standard InChI is InChI=1S/C18H21O7P/c1-11(12-6-7-14(21-2)15(8-12)25-26(19)20)13-9-16(22-3)18(24-5)17(10-13)23-4/h6-10,19-20H,1H2,2-5H3. The van der Waals surface area contributed by atoms with Crippen molar-refractivity contribution in [2.45, 2.75) is 0 Å². The number of ether oxygens (including phenoxy) is 4. The maximum absolute atomic E-state index is 9.14. The van der Waals surface area contributed by atoms with E-state index in [0.717, 1.165) is 5.56 Å². The van der Waals surface area contributed by atoms with E-state index in [1.165, 1.54) is 28.4 Å². The summed E-state index contributed by atoms with van der Waals surface area (Å²) in [4.78, 5) is 18.3. The summed E-state index contributed by atoms with van der Waals surface area (Å²) < 4.78 is 26.2. The van der Waals surface area contributed by atoms with Crippen LogP contribution in [0.2, 0.25) is 0 Å². The predicted octanol–water partition coefficient (Wildman–Crippen LogP) is 3.37. The van der Waals surface area contributed by atoms with Crippen LogP contribution in [-0.4, -0.2) is 38.2 Å². The Morgan fingerprint density at radius 2 is 1.31 bits per heavy atom. The van der Waals surface area contributed by atoms with Crippen LogP contribution in [0.25, 0.3) is 5.57 Å². The van der Waals surface area contributed by atoms with E-state index in [4.69, 9.17) is 33.3 Å². The lowest BCUT2D eigenvalue weighted by Crippen LogP contribution is -1.98. The molecule has 0 aliphatic carbocycles. The molecule has 0 radical (unpaired) electrons. The topological polar surface area (TPSA) is 86.6 Å². The van der Waals surface area contributed by atoms with Gasteiger partial charge in [0.2, 0.25) is 5.75 Å². The van der Waals surface area contributed by atoms with E-state index < -0.39 is 8.60 Å². The summed E-state index contributed by atoms with van der Waals surface area (Å²) in [5, 5.41) is 0. The van der Waals surface area contributed by atoms with E-state index in [2.05, 4.69) is 6.58 Å². The van der Waals surface area contributed by atoms with Crippen LogP contribution in [0, 0.1) is 0 Å². The molecule has 7 nitrogen and oxygen atoms in total. The third-order valence-corrected chi connectivity index (χ3v) is 4.07. The second-order valence-corrected chi connectivity index (χ2v) is 5.79. The first kappa shape index (κ1) is 19.8. The van der Waals surface area contributed by atoms with E-state index in [9.17, 15) is 0 Å². The molecule has 2 N–H and O–H groups in total. The molecular formula is C18H21O7P. The minimum atomic E-state index is -2.57. The Hall–Kier alpha value is -2.47. The monoisotopic (exact) mass is 380 g/mol. The highest BCUT2D eigenvalue weighted by molar-refractivity contribution is 7.39. The number of hydrogen-bond donors (Lipinski definition) is 2. The second-order valence-electron chi connectivity index (χ2n) is 5.10. The van der Waals surface area contributed by atoms with Gasteiger partial charge in [0.15, 0.2) is 23.0 Å². The normalized spacial score (nSPS) is 10.4. The number of methoxy groups -OCH3 is 4. The summed E-state index contributed by atoms with van der Waals surface area (Å²) in [5.41, 5.74) is 2.09. The van der Waals surface area contributed by atoms with Crippen LogP contribution in [0.3, 0.4) is 0 Å². The van der Waals surface area contributed by atoms with Gasteiger partial charge in [0.25, 0.3) is 0 Å². The van der Waals surface area contributed by atoms with Gasteiger partial charge in [-0.3, -0.25) is 0 Å². The van der Waals surface area contributed by atoms with Crippen molar-refractivity contribution in [1.29, 1.82) is 0 Å². The summed E-state index contributed by atoms with van der Waals surface area (Å²) in [7, 11) is 3.50.